The lowest BCUT2D eigenvalue weighted by Crippen LogP contribution is -2.53. The second-order valence-electron chi connectivity index (χ2n) is 10.8. The van der Waals surface area contributed by atoms with Crippen molar-refractivity contribution in [2.75, 3.05) is 33.3 Å². The number of urea groups is 1. The maximum Gasteiger partial charge on any atom is 0.328 e. The summed E-state index contributed by atoms with van der Waals surface area (Å²) in [5.41, 5.74) is 3.32. The molecular weight excluding hydrogens is 452 g/mol. The van der Waals surface area contributed by atoms with Crippen molar-refractivity contribution < 1.29 is 14.3 Å². The van der Waals surface area contributed by atoms with Gasteiger partial charge in [0.25, 0.3) is 5.91 Å². The molecule has 2 fully saturated rings. The molecule has 1 aromatic carbocycles. The molecule has 3 amide bonds. The van der Waals surface area contributed by atoms with Gasteiger partial charge < -0.3 is 14.6 Å². The summed E-state index contributed by atoms with van der Waals surface area (Å²) in [5.74, 6) is 0.720. The zero-order valence-corrected chi connectivity index (χ0v) is 21.4. The Morgan fingerprint density at radius 1 is 1.11 bits per heavy atom. The number of imide groups is 1. The van der Waals surface area contributed by atoms with E-state index in [1.807, 2.05) is 30.0 Å². The average molecular weight is 489 g/mol. The van der Waals surface area contributed by atoms with Gasteiger partial charge in [-0.1, -0.05) is 24.6 Å². The third kappa shape index (κ3) is 3.67. The fourth-order valence-corrected chi connectivity index (χ4v) is 6.63. The van der Waals surface area contributed by atoms with E-state index in [-0.39, 0.29) is 18.0 Å². The molecule has 7 heteroatoms. The Hall–Kier alpha value is -3.06. The quantitative estimate of drug-likeness (QED) is 0.585. The zero-order chi connectivity index (χ0) is 24.9. The predicted molar refractivity (Wildman–Crippen MR) is 140 cm³/mol. The van der Waals surface area contributed by atoms with E-state index < -0.39 is 5.54 Å². The number of H-pyrrole nitrogens is 1. The number of hydrogen-bond acceptors (Lipinski definition) is 4. The third-order valence-electron chi connectivity index (χ3n) is 8.52. The summed E-state index contributed by atoms with van der Waals surface area (Å²) < 4.78 is 5.51. The van der Waals surface area contributed by atoms with Gasteiger partial charge in [-0.2, -0.15) is 0 Å². The number of allylic oxidation sites excluding steroid dienone is 2. The molecule has 36 heavy (non-hydrogen) atoms. The lowest BCUT2D eigenvalue weighted by Gasteiger charge is -2.43. The highest BCUT2D eigenvalue weighted by atomic mass is 16.5. The lowest BCUT2D eigenvalue weighted by molar-refractivity contribution is -0.133. The van der Waals surface area contributed by atoms with Crippen LogP contribution in [0.5, 0.6) is 5.75 Å². The van der Waals surface area contributed by atoms with Crippen LogP contribution in [0, 0.1) is 0 Å². The highest BCUT2D eigenvalue weighted by molar-refractivity contribution is 6.08. The van der Waals surface area contributed by atoms with Crippen molar-refractivity contribution in [2.45, 2.75) is 63.5 Å². The predicted octanol–water partition coefficient (Wildman–Crippen LogP) is 4.95. The van der Waals surface area contributed by atoms with Gasteiger partial charge in [0, 0.05) is 29.6 Å². The fourth-order valence-electron chi connectivity index (χ4n) is 6.63. The summed E-state index contributed by atoms with van der Waals surface area (Å²) in [6.45, 7) is 5.62. The van der Waals surface area contributed by atoms with Crippen LogP contribution in [0.4, 0.5) is 4.79 Å². The van der Waals surface area contributed by atoms with Gasteiger partial charge >= 0.3 is 6.03 Å². The molecule has 1 aromatic heterocycles. The van der Waals surface area contributed by atoms with E-state index in [2.05, 4.69) is 28.1 Å². The minimum absolute atomic E-state index is 0.0700. The highest BCUT2D eigenvalue weighted by Gasteiger charge is 2.60. The van der Waals surface area contributed by atoms with E-state index in [1.165, 1.54) is 24.2 Å². The Morgan fingerprint density at radius 3 is 2.69 bits per heavy atom. The van der Waals surface area contributed by atoms with Gasteiger partial charge in [-0.3, -0.25) is 14.6 Å². The molecule has 4 heterocycles. The van der Waals surface area contributed by atoms with Crippen LogP contribution in [-0.4, -0.2) is 70.4 Å². The third-order valence-corrected chi connectivity index (χ3v) is 8.52. The summed E-state index contributed by atoms with van der Waals surface area (Å²) in [4.78, 5) is 37.4. The van der Waals surface area contributed by atoms with Crippen LogP contribution in [-0.2, 0) is 11.2 Å². The molecule has 7 nitrogen and oxygen atoms in total. The maximum absolute atomic E-state index is 14.0. The van der Waals surface area contributed by atoms with Crippen LogP contribution in [0.3, 0.4) is 0 Å². The van der Waals surface area contributed by atoms with Crippen LogP contribution in [0.15, 0.2) is 42.0 Å². The molecule has 0 bridgehead atoms. The van der Waals surface area contributed by atoms with E-state index in [4.69, 9.17) is 4.74 Å². The van der Waals surface area contributed by atoms with Crippen molar-refractivity contribution in [3.05, 3.63) is 53.3 Å². The molecule has 1 aliphatic carbocycles. The molecular formula is C29H36N4O3. The molecule has 0 saturated carbocycles. The number of amides is 3. The molecule has 2 atom stereocenters. The van der Waals surface area contributed by atoms with Crippen LogP contribution in [0.25, 0.3) is 10.9 Å². The number of fused-ring (bicyclic) bond motifs is 4. The van der Waals surface area contributed by atoms with Crippen molar-refractivity contribution in [3.8, 4) is 5.75 Å². The Balaban J connectivity index is 1.36. The second kappa shape index (κ2) is 9.11. The van der Waals surface area contributed by atoms with Gasteiger partial charge in [0.2, 0.25) is 0 Å². The zero-order valence-electron chi connectivity index (χ0n) is 21.4. The van der Waals surface area contributed by atoms with Gasteiger partial charge in [-0.05, 0) is 88.0 Å². The second-order valence-corrected chi connectivity index (χ2v) is 10.8. The van der Waals surface area contributed by atoms with Crippen molar-refractivity contribution in [1.82, 2.24) is 19.7 Å². The molecule has 3 aliphatic heterocycles. The first-order valence-electron chi connectivity index (χ1n) is 13.4. The molecule has 0 unspecified atom stereocenters. The number of aromatic nitrogens is 1. The van der Waals surface area contributed by atoms with Crippen molar-refractivity contribution in [1.29, 1.82) is 0 Å². The van der Waals surface area contributed by atoms with Gasteiger partial charge in [0.05, 0.1) is 13.2 Å². The number of aromatic amines is 1. The van der Waals surface area contributed by atoms with Gasteiger partial charge in [-0.15, -0.1) is 0 Å². The molecule has 190 valence electrons. The molecule has 0 spiro atoms. The van der Waals surface area contributed by atoms with Crippen LogP contribution >= 0.6 is 0 Å². The number of rotatable bonds is 6. The monoisotopic (exact) mass is 488 g/mol. The first-order valence-corrected chi connectivity index (χ1v) is 13.4. The Morgan fingerprint density at radius 2 is 1.94 bits per heavy atom. The maximum atomic E-state index is 14.0. The summed E-state index contributed by atoms with van der Waals surface area (Å²) in [6, 6.07) is 5.55. The summed E-state index contributed by atoms with van der Waals surface area (Å²) in [5, 5.41) is 1.07. The molecule has 2 saturated heterocycles. The SMILES string of the molecule is COc1ccc2[nH]c3c(c2c1)C[C@@]1(C)C(=O)N(CCCN2CCCCC2)C(=O)N1[C@@H]3C1=CCCC=C1. The number of nitrogens with zero attached hydrogens (tertiary/aromatic N) is 3. The Bertz CT molecular complexity index is 1250. The Labute approximate surface area is 212 Å². The smallest absolute Gasteiger partial charge is 0.328 e. The number of likely N-dealkylation sites (tertiary alicyclic amines) is 1. The number of piperidine rings is 1. The number of benzene rings is 1. The fraction of sp³-hybridized carbons (Fsp3) is 0.517. The summed E-state index contributed by atoms with van der Waals surface area (Å²) >= 11 is 0. The number of hydrogen-bond donors (Lipinski definition) is 1. The van der Waals surface area contributed by atoms with Crippen molar-refractivity contribution >= 4 is 22.8 Å². The minimum Gasteiger partial charge on any atom is -0.497 e. The largest absolute Gasteiger partial charge is 0.497 e. The van der Waals surface area contributed by atoms with E-state index in [9.17, 15) is 9.59 Å². The van der Waals surface area contributed by atoms with Gasteiger partial charge in [0.15, 0.2) is 0 Å². The number of carbonyl (C=O) groups is 2. The van der Waals surface area contributed by atoms with Gasteiger partial charge in [0.1, 0.15) is 11.3 Å². The summed E-state index contributed by atoms with van der Waals surface area (Å²) in [7, 11) is 1.67. The standard InChI is InChI=1S/C29H36N4O3/c1-29-19-23-22-18-21(36-2)12-13-24(22)30-25(23)26(20-10-5-3-6-11-20)33(29)28(35)32(27(29)34)17-9-16-31-14-7-4-8-15-31/h5,10-13,18,26,30H,3-4,6-9,14-17,19H2,1-2H3/t26-,29+/m1/s1. The van der Waals surface area contributed by atoms with E-state index in [0.29, 0.717) is 13.0 Å². The first-order chi connectivity index (χ1) is 17.5. The van der Waals surface area contributed by atoms with Crippen molar-refractivity contribution in [2.24, 2.45) is 0 Å². The van der Waals surface area contributed by atoms with Crippen LogP contribution < -0.4 is 4.74 Å². The van der Waals surface area contributed by atoms with Gasteiger partial charge in [-0.25, -0.2) is 4.79 Å². The van der Waals surface area contributed by atoms with Crippen LogP contribution in [0.1, 0.15) is 62.7 Å². The topological polar surface area (TPSA) is 68.9 Å². The number of nitrogens with one attached hydrogen (secondary N) is 1. The first kappa shape index (κ1) is 23.3. The molecule has 1 N–H and O–H groups in total. The number of methoxy groups -OCH3 is 1. The van der Waals surface area contributed by atoms with E-state index >= 15 is 0 Å². The number of ether oxygens (including phenoxy) is 1. The summed E-state index contributed by atoms with van der Waals surface area (Å²) in [6.07, 6.45) is 13.6. The molecule has 0 radical (unpaired) electrons. The molecule has 2 aromatic rings. The normalized spacial score (nSPS) is 26.4. The van der Waals surface area contributed by atoms with Crippen molar-refractivity contribution in [3.63, 3.8) is 0 Å². The average Bonchev–Trinajstić information content (AvgIpc) is 3.35. The molecule has 6 rings (SSSR count). The lowest BCUT2D eigenvalue weighted by atomic mass is 9.80. The van der Waals surface area contributed by atoms with Crippen LogP contribution in [0.2, 0.25) is 0 Å². The highest BCUT2D eigenvalue weighted by Crippen LogP contribution is 2.49. The molecule has 4 aliphatic rings. The Kier molecular flexibility index (Phi) is 5.91. The minimum atomic E-state index is -0.912. The van der Waals surface area contributed by atoms with E-state index in [1.54, 1.807) is 7.11 Å². The number of carbonyl (C=O) groups excluding carboxylic acids is 2. The van der Waals surface area contributed by atoms with E-state index in [0.717, 1.165) is 72.4 Å².